The van der Waals surface area contributed by atoms with E-state index in [2.05, 4.69) is 45.7 Å². The monoisotopic (exact) mass is 398 g/mol. The van der Waals surface area contributed by atoms with E-state index in [-0.39, 0.29) is 5.56 Å². The molecular weight excluding hydrogens is 384 g/mol. The van der Waals surface area contributed by atoms with Gasteiger partial charge in [0, 0.05) is 55.3 Å². The van der Waals surface area contributed by atoms with Crippen molar-refractivity contribution in [1.29, 1.82) is 0 Å². The van der Waals surface area contributed by atoms with Crippen molar-refractivity contribution in [3.63, 3.8) is 0 Å². The summed E-state index contributed by atoms with van der Waals surface area (Å²) in [5, 5.41) is 0. The Morgan fingerprint density at radius 3 is 2.84 bits per heavy atom. The van der Waals surface area contributed by atoms with Crippen LogP contribution >= 0.6 is 15.9 Å². The Labute approximate surface area is 152 Å². The molecule has 0 radical (unpaired) electrons. The van der Waals surface area contributed by atoms with Gasteiger partial charge in [-0.15, -0.1) is 0 Å². The molecule has 7 nitrogen and oxygen atoms in total. The first-order valence-corrected chi connectivity index (χ1v) is 8.68. The Balaban J connectivity index is 1.60. The second-order valence-corrected chi connectivity index (χ2v) is 6.75. The highest BCUT2D eigenvalue weighted by atomic mass is 79.9. The van der Waals surface area contributed by atoms with Gasteiger partial charge in [0.15, 0.2) is 0 Å². The maximum Gasteiger partial charge on any atom is 0.255 e. The number of hydrogen-bond acceptors (Lipinski definition) is 6. The van der Waals surface area contributed by atoms with Gasteiger partial charge in [-0.2, -0.15) is 0 Å². The molecule has 8 heteroatoms. The van der Waals surface area contributed by atoms with E-state index in [0.717, 1.165) is 40.8 Å². The van der Waals surface area contributed by atoms with Crippen LogP contribution in [0, 0.1) is 0 Å². The van der Waals surface area contributed by atoms with E-state index in [9.17, 15) is 4.79 Å². The molecule has 1 aliphatic rings. The van der Waals surface area contributed by atoms with Crippen LogP contribution in [0.25, 0.3) is 11.4 Å². The molecular formula is C17H15BrN6O. The first kappa shape index (κ1) is 16.0. The average molecular weight is 399 g/mol. The van der Waals surface area contributed by atoms with Crippen molar-refractivity contribution in [3.05, 3.63) is 68.8 Å². The Bertz CT molecular complexity index is 959. The second-order valence-electron chi connectivity index (χ2n) is 5.89. The SMILES string of the molecule is O=c1[nH]c(-c2cncnc2)nc2c1CN(Cc1ccncc1Br)CC2. The van der Waals surface area contributed by atoms with Gasteiger partial charge in [-0.05, 0) is 27.6 Å². The number of halogens is 1. The molecule has 1 N–H and O–H groups in total. The molecule has 0 saturated heterocycles. The number of nitrogens with zero attached hydrogens (tertiary/aromatic N) is 5. The van der Waals surface area contributed by atoms with E-state index in [0.29, 0.717) is 17.9 Å². The molecule has 4 heterocycles. The minimum absolute atomic E-state index is 0.0950. The highest BCUT2D eigenvalue weighted by Crippen LogP contribution is 2.21. The third-order valence-corrected chi connectivity index (χ3v) is 4.95. The van der Waals surface area contributed by atoms with Crippen molar-refractivity contribution in [2.75, 3.05) is 6.54 Å². The summed E-state index contributed by atoms with van der Waals surface area (Å²) in [7, 11) is 0. The van der Waals surface area contributed by atoms with Crippen molar-refractivity contribution < 1.29 is 0 Å². The molecule has 1 aliphatic heterocycles. The van der Waals surface area contributed by atoms with Crippen LogP contribution in [0.3, 0.4) is 0 Å². The van der Waals surface area contributed by atoms with Gasteiger partial charge in [-0.1, -0.05) is 0 Å². The zero-order valence-electron chi connectivity index (χ0n) is 13.3. The van der Waals surface area contributed by atoms with Crippen molar-refractivity contribution in [3.8, 4) is 11.4 Å². The Morgan fingerprint density at radius 2 is 2.04 bits per heavy atom. The molecule has 126 valence electrons. The maximum atomic E-state index is 12.5. The van der Waals surface area contributed by atoms with E-state index in [4.69, 9.17) is 0 Å². The molecule has 4 rings (SSSR count). The molecule has 3 aromatic rings. The summed E-state index contributed by atoms with van der Waals surface area (Å²) in [6, 6.07) is 1.99. The fourth-order valence-corrected chi connectivity index (χ4v) is 3.32. The second kappa shape index (κ2) is 6.81. The summed E-state index contributed by atoms with van der Waals surface area (Å²) in [5.41, 5.74) is 3.36. The van der Waals surface area contributed by atoms with Gasteiger partial charge in [0.1, 0.15) is 12.2 Å². The molecule has 0 spiro atoms. The molecule has 0 aromatic carbocycles. The first-order chi connectivity index (χ1) is 12.2. The van der Waals surface area contributed by atoms with Crippen LogP contribution < -0.4 is 5.56 Å². The summed E-state index contributed by atoms with van der Waals surface area (Å²) >= 11 is 3.52. The zero-order chi connectivity index (χ0) is 17.2. The van der Waals surface area contributed by atoms with Crippen molar-refractivity contribution >= 4 is 15.9 Å². The minimum Gasteiger partial charge on any atom is -0.306 e. The zero-order valence-corrected chi connectivity index (χ0v) is 14.9. The lowest BCUT2D eigenvalue weighted by Gasteiger charge is -2.28. The van der Waals surface area contributed by atoms with Gasteiger partial charge in [0.05, 0.1) is 16.8 Å². The lowest BCUT2D eigenvalue weighted by Crippen LogP contribution is -2.35. The third kappa shape index (κ3) is 3.35. The Kier molecular flexibility index (Phi) is 4.37. The first-order valence-electron chi connectivity index (χ1n) is 7.89. The fraction of sp³-hybridized carbons (Fsp3) is 0.235. The van der Waals surface area contributed by atoms with Gasteiger partial charge in [0.2, 0.25) is 0 Å². The third-order valence-electron chi connectivity index (χ3n) is 4.23. The van der Waals surface area contributed by atoms with E-state index in [1.807, 2.05) is 6.07 Å². The van der Waals surface area contributed by atoms with E-state index >= 15 is 0 Å². The predicted octanol–water partition coefficient (Wildman–Crippen LogP) is 1.94. The Morgan fingerprint density at radius 1 is 1.20 bits per heavy atom. The molecule has 3 aromatic heterocycles. The number of pyridine rings is 1. The quantitative estimate of drug-likeness (QED) is 0.725. The summed E-state index contributed by atoms with van der Waals surface area (Å²) in [5.74, 6) is 0.523. The fourth-order valence-electron chi connectivity index (χ4n) is 2.95. The lowest BCUT2D eigenvalue weighted by atomic mass is 10.1. The number of aromatic amines is 1. The normalized spacial score (nSPS) is 14.3. The standard InChI is InChI=1S/C17H15BrN6O/c18-14-7-19-3-1-11(14)8-24-4-2-15-13(9-24)17(25)23-16(22-15)12-5-20-10-21-6-12/h1,3,5-7,10H,2,4,8-9H2,(H,22,23,25). The Hall–Kier alpha value is -2.45. The minimum atomic E-state index is -0.0950. The van der Waals surface area contributed by atoms with Crippen LogP contribution in [0.4, 0.5) is 0 Å². The number of aromatic nitrogens is 5. The van der Waals surface area contributed by atoms with Crippen LogP contribution in [0.15, 0.2) is 46.4 Å². The molecule has 0 bridgehead atoms. The summed E-state index contributed by atoms with van der Waals surface area (Å²) in [6.45, 7) is 2.19. The lowest BCUT2D eigenvalue weighted by molar-refractivity contribution is 0.241. The smallest absolute Gasteiger partial charge is 0.255 e. The number of fused-ring (bicyclic) bond motifs is 1. The van der Waals surface area contributed by atoms with Gasteiger partial charge in [-0.3, -0.25) is 14.7 Å². The maximum absolute atomic E-state index is 12.5. The number of nitrogens with one attached hydrogen (secondary N) is 1. The van der Waals surface area contributed by atoms with Crippen molar-refractivity contribution in [2.45, 2.75) is 19.5 Å². The van der Waals surface area contributed by atoms with E-state index in [1.54, 1.807) is 24.8 Å². The van der Waals surface area contributed by atoms with Crippen LogP contribution in [-0.2, 0) is 19.5 Å². The van der Waals surface area contributed by atoms with Gasteiger partial charge in [-0.25, -0.2) is 15.0 Å². The highest BCUT2D eigenvalue weighted by Gasteiger charge is 2.22. The molecule has 0 aliphatic carbocycles. The molecule has 0 amide bonds. The largest absolute Gasteiger partial charge is 0.306 e. The van der Waals surface area contributed by atoms with Crippen LogP contribution in [-0.4, -0.2) is 36.4 Å². The van der Waals surface area contributed by atoms with Crippen LogP contribution in [0.1, 0.15) is 16.8 Å². The van der Waals surface area contributed by atoms with Crippen LogP contribution in [0.5, 0.6) is 0 Å². The van der Waals surface area contributed by atoms with Crippen molar-refractivity contribution in [2.24, 2.45) is 0 Å². The average Bonchev–Trinajstić information content (AvgIpc) is 2.65. The van der Waals surface area contributed by atoms with Crippen LogP contribution in [0.2, 0.25) is 0 Å². The topological polar surface area (TPSA) is 87.7 Å². The summed E-state index contributed by atoms with van der Waals surface area (Å²) in [4.78, 5) is 34.3. The van der Waals surface area contributed by atoms with Crippen molar-refractivity contribution in [1.82, 2.24) is 29.8 Å². The van der Waals surface area contributed by atoms with E-state index < -0.39 is 0 Å². The van der Waals surface area contributed by atoms with Gasteiger partial charge < -0.3 is 4.98 Å². The number of hydrogen-bond donors (Lipinski definition) is 1. The molecule has 0 atom stereocenters. The summed E-state index contributed by atoms with van der Waals surface area (Å²) < 4.78 is 0.979. The molecule has 25 heavy (non-hydrogen) atoms. The number of H-pyrrole nitrogens is 1. The molecule has 0 fully saturated rings. The molecule has 0 unspecified atom stereocenters. The highest BCUT2D eigenvalue weighted by molar-refractivity contribution is 9.10. The predicted molar refractivity (Wildman–Crippen MR) is 95.6 cm³/mol. The summed E-state index contributed by atoms with van der Waals surface area (Å²) in [6.07, 6.45) is 9.05. The van der Waals surface area contributed by atoms with Gasteiger partial charge >= 0.3 is 0 Å². The molecule has 0 saturated carbocycles. The van der Waals surface area contributed by atoms with E-state index in [1.165, 1.54) is 6.33 Å². The van der Waals surface area contributed by atoms with Gasteiger partial charge in [0.25, 0.3) is 5.56 Å². The number of rotatable bonds is 3.